The zero-order valence-electron chi connectivity index (χ0n) is 50.1. The monoisotopic (exact) mass is 1090 g/mol. The van der Waals surface area contributed by atoms with Crippen LogP contribution in [0.1, 0.15) is 239 Å². The number of amides is 1. The molecule has 77 heavy (non-hydrogen) atoms. The number of carbonyl (C=O) groups is 2. The number of ether oxygens (including phenoxy) is 1. The maximum absolute atomic E-state index is 13.5. The first-order chi connectivity index (χ1) is 37.4. The van der Waals surface area contributed by atoms with Crippen molar-refractivity contribution >= 4 is 19.7 Å². The van der Waals surface area contributed by atoms with Crippen LogP contribution in [0, 0.1) is 0 Å². The van der Waals surface area contributed by atoms with E-state index in [1.54, 1.807) is 0 Å². The molecule has 0 aliphatic rings. The van der Waals surface area contributed by atoms with Crippen LogP contribution in [0.15, 0.2) is 122 Å². The summed E-state index contributed by atoms with van der Waals surface area (Å²) in [5, 5.41) is 3.00. The van der Waals surface area contributed by atoms with Gasteiger partial charge in [0.2, 0.25) is 5.91 Å². The smallest absolute Gasteiger partial charge is 0.306 e. The number of quaternary nitrogens is 1. The number of hydrogen-bond acceptors (Lipinski definition) is 7. The van der Waals surface area contributed by atoms with E-state index in [1.165, 1.54) is 70.6 Å². The molecule has 0 aliphatic carbocycles. The Balaban J connectivity index is 5.34. The standard InChI is InChI=1S/C67H115N2O7P/c1-7-10-13-16-19-22-25-27-29-31-33-34-36-38-40-42-45-48-51-54-57-60-67(71)76-65(58-55-52-49-46-43-24-21-18-15-12-9-3)64(63-75-77(72,73)74-62-61-69(4,5)6)68-66(70)59-56-53-50-47-44-41-39-37-35-32-30-28-26-23-20-17-14-11-8-2/h10,13,19-20,22-23,27-30,33-35,37-38,40-41,44,55,58,64-65H,7-9,11-12,14-18,21,24-26,31-32,36,39,42-43,45-54,56-57,59-63H2,1-6H3,(H-,68,70,72,73)/b13-10-,22-19-,23-20-,29-27-,30-28-,34-33-,37-35-,40-38-,44-41-,58-55+. The molecule has 0 aromatic heterocycles. The van der Waals surface area contributed by atoms with Crippen LogP contribution in [0.2, 0.25) is 0 Å². The minimum absolute atomic E-state index is 0.0389. The molecule has 0 radical (unpaired) electrons. The molecule has 10 heteroatoms. The normalized spacial score (nSPS) is 14.5. The molecular formula is C67H115N2O7P. The fourth-order valence-corrected chi connectivity index (χ4v) is 8.84. The number of hydrogen-bond donors (Lipinski definition) is 1. The van der Waals surface area contributed by atoms with Gasteiger partial charge in [0, 0.05) is 12.8 Å². The Morgan fingerprint density at radius 2 is 0.831 bits per heavy atom. The third-order valence-corrected chi connectivity index (χ3v) is 13.8. The minimum atomic E-state index is -4.72. The predicted octanol–water partition coefficient (Wildman–Crippen LogP) is 18.5. The molecule has 1 N–H and O–H groups in total. The van der Waals surface area contributed by atoms with Crippen LogP contribution in [0.3, 0.4) is 0 Å². The summed E-state index contributed by atoms with van der Waals surface area (Å²) in [5.74, 6) is -0.608. The summed E-state index contributed by atoms with van der Waals surface area (Å²) in [7, 11) is 1.13. The fourth-order valence-electron chi connectivity index (χ4n) is 8.12. The summed E-state index contributed by atoms with van der Waals surface area (Å²) in [6.45, 7) is 6.64. The van der Waals surface area contributed by atoms with Gasteiger partial charge in [0.15, 0.2) is 0 Å². The lowest BCUT2D eigenvalue weighted by Gasteiger charge is -2.30. The lowest BCUT2D eigenvalue weighted by molar-refractivity contribution is -0.870. The first kappa shape index (κ1) is 73.4. The number of nitrogens with one attached hydrogen (secondary N) is 1. The molecule has 0 aromatic rings. The first-order valence-corrected chi connectivity index (χ1v) is 32.3. The first-order valence-electron chi connectivity index (χ1n) is 30.8. The number of rotatable bonds is 54. The number of nitrogens with zero attached hydrogens (tertiary/aromatic N) is 1. The zero-order valence-corrected chi connectivity index (χ0v) is 51.0. The quantitative estimate of drug-likeness (QED) is 0.0212. The van der Waals surface area contributed by atoms with Crippen molar-refractivity contribution in [1.29, 1.82) is 0 Å². The van der Waals surface area contributed by atoms with Crippen molar-refractivity contribution in [3.63, 3.8) is 0 Å². The van der Waals surface area contributed by atoms with Crippen LogP contribution >= 0.6 is 7.82 Å². The largest absolute Gasteiger partial charge is 0.756 e. The summed E-state index contributed by atoms with van der Waals surface area (Å²) in [6, 6.07) is -0.922. The number of phosphoric ester groups is 1. The average molecular weight is 1090 g/mol. The van der Waals surface area contributed by atoms with Gasteiger partial charge in [-0.3, -0.25) is 14.2 Å². The molecule has 3 atom stereocenters. The van der Waals surface area contributed by atoms with Crippen LogP contribution in [0.5, 0.6) is 0 Å². The third-order valence-electron chi connectivity index (χ3n) is 12.9. The molecule has 3 unspecified atom stereocenters. The summed E-state index contributed by atoms with van der Waals surface area (Å²) in [4.78, 5) is 40.0. The molecule has 9 nitrogen and oxygen atoms in total. The Morgan fingerprint density at radius 3 is 1.29 bits per heavy atom. The lowest BCUT2D eigenvalue weighted by atomic mass is 10.1. The van der Waals surface area contributed by atoms with E-state index in [9.17, 15) is 19.0 Å². The molecule has 0 aromatic carbocycles. The van der Waals surface area contributed by atoms with E-state index in [-0.39, 0.29) is 31.3 Å². The van der Waals surface area contributed by atoms with Crippen LogP contribution in [-0.2, 0) is 27.9 Å². The van der Waals surface area contributed by atoms with Crippen LogP contribution in [-0.4, -0.2) is 69.4 Å². The Kier molecular flexibility index (Phi) is 53.1. The molecule has 0 saturated carbocycles. The van der Waals surface area contributed by atoms with Crippen LogP contribution < -0.4 is 10.2 Å². The highest BCUT2D eigenvalue weighted by Gasteiger charge is 2.27. The molecular weight excluding hydrogens is 976 g/mol. The van der Waals surface area contributed by atoms with Crippen molar-refractivity contribution in [2.75, 3.05) is 40.9 Å². The van der Waals surface area contributed by atoms with E-state index in [4.69, 9.17) is 13.8 Å². The van der Waals surface area contributed by atoms with Crippen molar-refractivity contribution in [3.05, 3.63) is 122 Å². The van der Waals surface area contributed by atoms with Crippen molar-refractivity contribution in [2.45, 2.75) is 251 Å². The number of phosphoric acid groups is 1. The van der Waals surface area contributed by atoms with E-state index >= 15 is 0 Å². The van der Waals surface area contributed by atoms with Gasteiger partial charge < -0.3 is 28.5 Å². The Bertz CT molecular complexity index is 1730. The van der Waals surface area contributed by atoms with Crippen molar-refractivity contribution in [3.8, 4) is 0 Å². The highest BCUT2D eigenvalue weighted by atomic mass is 31.2. The highest BCUT2D eigenvalue weighted by molar-refractivity contribution is 7.45. The van der Waals surface area contributed by atoms with E-state index < -0.39 is 26.6 Å². The van der Waals surface area contributed by atoms with Gasteiger partial charge in [-0.25, -0.2) is 0 Å². The van der Waals surface area contributed by atoms with E-state index in [0.29, 0.717) is 23.9 Å². The van der Waals surface area contributed by atoms with E-state index in [2.05, 4.69) is 135 Å². The number of carbonyl (C=O) groups excluding carboxylic acids is 2. The molecule has 0 saturated heterocycles. The maximum atomic E-state index is 13.5. The summed E-state index contributed by atoms with van der Waals surface area (Å²) < 4.78 is 30.3. The van der Waals surface area contributed by atoms with Gasteiger partial charge in [0.25, 0.3) is 7.82 Å². The summed E-state index contributed by atoms with van der Waals surface area (Å²) in [5.41, 5.74) is 0. The van der Waals surface area contributed by atoms with Gasteiger partial charge in [0.1, 0.15) is 19.3 Å². The van der Waals surface area contributed by atoms with Gasteiger partial charge >= 0.3 is 5.97 Å². The van der Waals surface area contributed by atoms with E-state index in [0.717, 1.165) is 122 Å². The topological polar surface area (TPSA) is 114 Å². The molecule has 0 fully saturated rings. The minimum Gasteiger partial charge on any atom is -0.756 e. The van der Waals surface area contributed by atoms with Gasteiger partial charge in [-0.1, -0.05) is 226 Å². The number of allylic oxidation sites excluding steroid dienone is 19. The third kappa shape index (κ3) is 56.9. The zero-order chi connectivity index (χ0) is 56.4. The number of unbranched alkanes of at least 4 members (excludes halogenated alkanes) is 20. The van der Waals surface area contributed by atoms with Crippen molar-refractivity contribution in [2.24, 2.45) is 0 Å². The molecule has 0 aliphatic heterocycles. The highest BCUT2D eigenvalue weighted by Crippen LogP contribution is 2.38. The molecule has 0 rings (SSSR count). The van der Waals surface area contributed by atoms with Gasteiger partial charge in [-0.05, 0) is 122 Å². The van der Waals surface area contributed by atoms with Crippen LogP contribution in [0.25, 0.3) is 0 Å². The second-order valence-corrected chi connectivity index (χ2v) is 22.9. The van der Waals surface area contributed by atoms with Gasteiger partial charge in [-0.15, -0.1) is 0 Å². The Labute approximate surface area is 473 Å². The SMILES string of the molecule is CC/C=C\C/C=C\C/C=C\C/C=C\C/C=C\CCCCCCCC(=O)OC(/C=C/CCCCCCCCCCC)C(COP(=O)([O-])OCC[N+](C)(C)C)NC(=O)CCCCC/C=C\C/C=C\C/C=C\C/C=C\CCCCC. The van der Waals surface area contributed by atoms with Crippen molar-refractivity contribution in [1.82, 2.24) is 5.32 Å². The number of likely N-dealkylation sites (N-methyl/N-ethyl adjacent to an activating group) is 1. The van der Waals surface area contributed by atoms with Crippen molar-refractivity contribution < 1.29 is 37.3 Å². The lowest BCUT2D eigenvalue weighted by Crippen LogP contribution is -2.47. The number of esters is 1. The molecule has 0 bridgehead atoms. The van der Waals surface area contributed by atoms with Crippen LogP contribution in [0.4, 0.5) is 0 Å². The second kappa shape index (κ2) is 55.7. The van der Waals surface area contributed by atoms with Gasteiger partial charge in [-0.2, -0.15) is 0 Å². The van der Waals surface area contributed by atoms with Gasteiger partial charge in [0.05, 0.1) is 33.8 Å². The molecule has 1 amide bonds. The maximum Gasteiger partial charge on any atom is 0.306 e. The Morgan fingerprint density at radius 1 is 0.468 bits per heavy atom. The Hall–Kier alpha value is -3.59. The molecule has 0 heterocycles. The summed E-state index contributed by atoms with van der Waals surface area (Å²) >= 11 is 0. The molecule has 440 valence electrons. The van der Waals surface area contributed by atoms with E-state index in [1.807, 2.05) is 33.3 Å². The average Bonchev–Trinajstić information content (AvgIpc) is 3.39. The fraction of sp³-hybridized carbons (Fsp3) is 0.672. The summed E-state index contributed by atoms with van der Waals surface area (Å²) in [6.07, 6.45) is 77.4. The predicted molar refractivity (Wildman–Crippen MR) is 330 cm³/mol. The second-order valence-electron chi connectivity index (χ2n) is 21.5. The molecule has 0 spiro atoms.